The first-order chi connectivity index (χ1) is 15.4. The van der Waals surface area contributed by atoms with Crippen molar-refractivity contribution >= 4 is 5.95 Å². The van der Waals surface area contributed by atoms with E-state index in [2.05, 4.69) is 42.0 Å². The van der Waals surface area contributed by atoms with Crippen LogP contribution in [0.4, 0.5) is 5.95 Å². The predicted octanol–water partition coefficient (Wildman–Crippen LogP) is 5.30. The number of nitrogens with two attached hydrogens (primary N) is 1. The molecule has 6 nitrogen and oxygen atoms in total. The van der Waals surface area contributed by atoms with Crippen LogP contribution in [0, 0.1) is 13.8 Å². The van der Waals surface area contributed by atoms with Crippen LogP contribution in [-0.4, -0.2) is 22.2 Å². The topological polar surface area (TPSA) is 90.5 Å². The normalized spacial score (nSPS) is 10.7. The zero-order valence-electron chi connectivity index (χ0n) is 18.3. The monoisotopic (exact) mass is 427 g/mol. The first kappa shape index (κ1) is 21.2. The van der Waals surface area contributed by atoms with Crippen LogP contribution in [0.5, 0.6) is 17.2 Å². The van der Waals surface area contributed by atoms with Gasteiger partial charge < -0.3 is 20.3 Å². The number of aromatic hydroxyl groups is 1. The van der Waals surface area contributed by atoms with Crippen molar-refractivity contribution in [3.63, 3.8) is 0 Å². The summed E-state index contributed by atoms with van der Waals surface area (Å²) < 4.78 is 11.2. The summed E-state index contributed by atoms with van der Waals surface area (Å²) in [4.78, 5) is 8.54. The number of phenolic OH excluding ortho intramolecular Hbond substituents is 1. The number of methoxy groups -OCH3 is 1. The van der Waals surface area contributed by atoms with Gasteiger partial charge in [0.15, 0.2) is 0 Å². The van der Waals surface area contributed by atoms with Crippen LogP contribution in [0.15, 0.2) is 66.9 Å². The number of nitrogens with zero attached hydrogens (tertiary/aromatic N) is 2. The average Bonchev–Trinajstić information content (AvgIpc) is 2.80. The summed E-state index contributed by atoms with van der Waals surface area (Å²) in [6.45, 7) is 4.53. The number of nitrogen functional groups attached to an aromatic ring is 1. The highest BCUT2D eigenvalue weighted by Gasteiger charge is 2.15. The summed E-state index contributed by atoms with van der Waals surface area (Å²) in [7, 11) is 1.62. The minimum atomic E-state index is 0.0522. The smallest absolute Gasteiger partial charge is 0.220 e. The highest BCUT2D eigenvalue weighted by atomic mass is 16.5. The summed E-state index contributed by atoms with van der Waals surface area (Å²) in [6, 6.07) is 19.0. The van der Waals surface area contributed by atoms with Crippen LogP contribution < -0.4 is 15.2 Å². The van der Waals surface area contributed by atoms with Crippen molar-refractivity contribution < 1.29 is 14.6 Å². The third-order valence-corrected chi connectivity index (χ3v) is 5.33. The van der Waals surface area contributed by atoms with Crippen LogP contribution in [0.2, 0.25) is 0 Å². The summed E-state index contributed by atoms with van der Waals surface area (Å²) in [5.41, 5.74) is 12.0. The molecule has 0 fully saturated rings. The van der Waals surface area contributed by atoms with E-state index >= 15 is 0 Å². The number of hydrogen-bond donors (Lipinski definition) is 2. The van der Waals surface area contributed by atoms with E-state index in [4.69, 9.17) is 15.2 Å². The van der Waals surface area contributed by atoms with Gasteiger partial charge in [-0.1, -0.05) is 35.9 Å². The summed E-state index contributed by atoms with van der Waals surface area (Å²) in [5, 5.41) is 10.8. The number of anilines is 1. The van der Waals surface area contributed by atoms with E-state index in [9.17, 15) is 5.11 Å². The lowest BCUT2D eigenvalue weighted by molar-refractivity contribution is 0.303. The number of ether oxygens (including phenoxy) is 2. The molecule has 3 aromatic carbocycles. The lowest BCUT2D eigenvalue weighted by atomic mass is 10.00. The van der Waals surface area contributed by atoms with Gasteiger partial charge >= 0.3 is 0 Å². The van der Waals surface area contributed by atoms with Crippen molar-refractivity contribution in [3.8, 4) is 39.6 Å². The molecule has 0 unspecified atom stereocenters. The fourth-order valence-corrected chi connectivity index (χ4v) is 3.50. The highest BCUT2D eigenvalue weighted by Crippen LogP contribution is 2.37. The van der Waals surface area contributed by atoms with Crippen LogP contribution in [-0.2, 0) is 6.61 Å². The minimum absolute atomic E-state index is 0.0522. The zero-order chi connectivity index (χ0) is 22.7. The third kappa shape index (κ3) is 4.49. The van der Waals surface area contributed by atoms with Crippen LogP contribution in [0.3, 0.4) is 0 Å². The maximum Gasteiger partial charge on any atom is 0.220 e. The summed E-state index contributed by atoms with van der Waals surface area (Å²) >= 11 is 0. The van der Waals surface area contributed by atoms with Crippen molar-refractivity contribution in [2.75, 3.05) is 12.8 Å². The fourth-order valence-electron chi connectivity index (χ4n) is 3.50. The molecule has 0 aliphatic heterocycles. The molecule has 4 rings (SSSR count). The van der Waals surface area contributed by atoms with Gasteiger partial charge in [-0.15, -0.1) is 0 Å². The van der Waals surface area contributed by atoms with Gasteiger partial charge in [0.25, 0.3) is 0 Å². The lowest BCUT2D eigenvalue weighted by Gasteiger charge is -2.13. The highest BCUT2D eigenvalue weighted by molar-refractivity contribution is 5.83. The molecule has 3 N–H and O–H groups in total. The second-order valence-corrected chi connectivity index (χ2v) is 7.62. The molecule has 0 atom stereocenters. The van der Waals surface area contributed by atoms with Gasteiger partial charge in [-0.25, -0.2) is 9.97 Å². The number of phenols is 1. The van der Waals surface area contributed by atoms with Gasteiger partial charge in [0, 0.05) is 23.4 Å². The SMILES string of the molecule is COc1ccc(-c2cnc(N)nc2-c2ccc(OCc3cc(C)ccc3C)cc2O)cc1. The largest absolute Gasteiger partial charge is 0.507 e. The van der Waals surface area contributed by atoms with Crippen LogP contribution in [0.1, 0.15) is 16.7 Å². The molecule has 0 aliphatic carbocycles. The quantitative estimate of drug-likeness (QED) is 0.434. The van der Waals surface area contributed by atoms with Crippen LogP contribution in [0.25, 0.3) is 22.4 Å². The van der Waals surface area contributed by atoms with Gasteiger partial charge in [-0.05, 0) is 54.8 Å². The Morgan fingerprint density at radius 2 is 1.66 bits per heavy atom. The Labute approximate surface area is 187 Å². The number of rotatable bonds is 6. The fraction of sp³-hybridized carbons (Fsp3) is 0.154. The number of aryl methyl sites for hydroxylation is 2. The maximum atomic E-state index is 10.8. The summed E-state index contributed by atoms with van der Waals surface area (Å²) in [6.07, 6.45) is 1.66. The number of aromatic nitrogens is 2. The molecular formula is C26H25N3O3. The van der Waals surface area contributed by atoms with E-state index in [0.29, 0.717) is 23.6 Å². The summed E-state index contributed by atoms with van der Waals surface area (Å²) in [5.74, 6) is 1.50. The molecule has 1 heterocycles. The van der Waals surface area contributed by atoms with Crippen molar-refractivity contribution in [2.45, 2.75) is 20.5 Å². The van der Waals surface area contributed by atoms with E-state index < -0.39 is 0 Å². The molecule has 32 heavy (non-hydrogen) atoms. The van der Waals surface area contributed by atoms with Crippen molar-refractivity contribution in [3.05, 3.63) is 83.6 Å². The standard InChI is InChI=1S/C26H25N3O3/c1-16-4-5-17(2)19(12-16)15-32-21-10-11-22(24(30)13-21)25-23(14-28-26(27)29-25)18-6-8-20(31-3)9-7-18/h4-14,30H,15H2,1-3H3,(H2,27,28,29). The van der Waals surface area contributed by atoms with E-state index in [0.717, 1.165) is 28.0 Å². The molecule has 1 aromatic heterocycles. The second-order valence-electron chi connectivity index (χ2n) is 7.62. The molecule has 0 radical (unpaired) electrons. The van der Waals surface area contributed by atoms with E-state index in [-0.39, 0.29) is 11.7 Å². The molecule has 0 aliphatic rings. The third-order valence-electron chi connectivity index (χ3n) is 5.33. The Kier molecular flexibility index (Phi) is 5.94. The maximum absolute atomic E-state index is 10.8. The van der Waals surface area contributed by atoms with Gasteiger partial charge in [0.1, 0.15) is 23.9 Å². The van der Waals surface area contributed by atoms with E-state index in [1.54, 1.807) is 25.4 Å². The Balaban J connectivity index is 1.64. The van der Waals surface area contributed by atoms with Gasteiger partial charge in [-0.3, -0.25) is 0 Å². The molecule has 0 saturated heterocycles. The number of benzene rings is 3. The van der Waals surface area contributed by atoms with Crippen molar-refractivity contribution in [1.82, 2.24) is 9.97 Å². The second kappa shape index (κ2) is 8.98. The molecule has 0 amide bonds. The zero-order valence-corrected chi connectivity index (χ0v) is 18.3. The Hall–Kier alpha value is -4.06. The molecule has 162 valence electrons. The predicted molar refractivity (Wildman–Crippen MR) is 126 cm³/mol. The first-order valence-corrected chi connectivity index (χ1v) is 10.2. The average molecular weight is 428 g/mol. The van der Waals surface area contributed by atoms with Crippen LogP contribution >= 0.6 is 0 Å². The van der Waals surface area contributed by atoms with Gasteiger partial charge in [0.05, 0.1) is 12.8 Å². The van der Waals surface area contributed by atoms with E-state index in [1.807, 2.05) is 30.3 Å². The van der Waals surface area contributed by atoms with E-state index in [1.165, 1.54) is 5.56 Å². The Morgan fingerprint density at radius 1 is 0.906 bits per heavy atom. The Morgan fingerprint density at radius 3 is 2.38 bits per heavy atom. The van der Waals surface area contributed by atoms with Gasteiger partial charge in [-0.2, -0.15) is 0 Å². The van der Waals surface area contributed by atoms with Gasteiger partial charge in [0.2, 0.25) is 5.95 Å². The number of hydrogen-bond acceptors (Lipinski definition) is 6. The molecular weight excluding hydrogens is 402 g/mol. The Bertz CT molecular complexity index is 1250. The molecule has 4 aromatic rings. The van der Waals surface area contributed by atoms with Crippen molar-refractivity contribution in [1.29, 1.82) is 0 Å². The molecule has 0 saturated carbocycles. The molecule has 0 spiro atoms. The van der Waals surface area contributed by atoms with Crippen molar-refractivity contribution in [2.24, 2.45) is 0 Å². The first-order valence-electron chi connectivity index (χ1n) is 10.2. The minimum Gasteiger partial charge on any atom is -0.507 e. The molecule has 6 heteroatoms. The molecule has 0 bridgehead atoms. The lowest BCUT2D eigenvalue weighted by Crippen LogP contribution is -2.00.